The Balaban J connectivity index is 1.75. The first-order chi connectivity index (χ1) is 13.3. The van der Waals surface area contributed by atoms with Crippen LogP contribution >= 0.6 is 0 Å². The predicted octanol–water partition coefficient (Wildman–Crippen LogP) is 2.33. The Morgan fingerprint density at radius 3 is 2.43 bits per heavy atom. The largest absolute Gasteiger partial charge is 0.456 e. The number of aryl methyl sites for hydroxylation is 2. The molecule has 1 aromatic heterocycles. The quantitative estimate of drug-likeness (QED) is 0.682. The topological polar surface area (TPSA) is 108 Å². The monoisotopic (exact) mass is 396 g/mol. The molecule has 150 valence electrons. The molecule has 2 rings (SSSR count). The maximum absolute atomic E-state index is 12.1. The first-order valence-electron chi connectivity index (χ1n) is 8.22. The number of imide groups is 1. The van der Waals surface area contributed by atoms with Gasteiger partial charge in [-0.05, 0) is 44.5 Å². The number of aromatic nitrogens is 1. The number of carbonyl (C=O) groups is 3. The number of carbonyl (C=O) groups excluding carboxylic acids is 3. The number of hydrogen-bond donors (Lipinski definition) is 1. The summed E-state index contributed by atoms with van der Waals surface area (Å²) in [5.74, 6) is -1.70. The van der Waals surface area contributed by atoms with Gasteiger partial charge in [-0.2, -0.15) is 8.78 Å². The Bertz CT molecular complexity index is 829. The summed E-state index contributed by atoms with van der Waals surface area (Å²) in [7, 11) is 0. The molecule has 0 saturated heterocycles. The first-order valence-corrected chi connectivity index (χ1v) is 8.22. The number of ether oxygens (including phenoxy) is 2. The highest BCUT2D eigenvalue weighted by molar-refractivity contribution is 6.05. The fourth-order valence-electron chi connectivity index (χ4n) is 2.33. The molecule has 1 N–H and O–H groups in total. The maximum Gasteiger partial charge on any atom is 0.387 e. The van der Waals surface area contributed by atoms with E-state index in [9.17, 15) is 23.2 Å². The number of esters is 1. The van der Waals surface area contributed by atoms with E-state index >= 15 is 0 Å². The Hall–Kier alpha value is -3.30. The van der Waals surface area contributed by atoms with Gasteiger partial charge in [0.05, 0.1) is 5.69 Å². The van der Waals surface area contributed by atoms with Crippen LogP contribution in [0.25, 0.3) is 0 Å². The molecule has 0 atom stereocenters. The molecule has 1 aromatic carbocycles. The number of amides is 2. The van der Waals surface area contributed by atoms with Gasteiger partial charge in [0.1, 0.15) is 11.5 Å². The molecular formula is C18H18F2N2O6. The van der Waals surface area contributed by atoms with E-state index in [2.05, 4.69) is 9.89 Å². The van der Waals surface area contributed by atoms with Crippen LogP contribution in [0.15, 0.2) is 28.8 Å². The zero-order valence-corrected chi connectivity index (χ0v) is 15.2. The highest BCUT2D eigenvalue weighted by Crippen LogP contribution is 2.15. The number of alkyl halides is 2. The molecular weight excluding hydrogens is 378 g/mol. The minimum Gasteiger partial charge on any atom is -0.456 e. The standard InChI is InChI=1S/C18H18F2N2O6/c1-10-14(11(2)28-22-10)7-8-16(24)26-9-15(23)21-17(25)12-3-5-13(6-4-12)27-18(19)20/h3-6,18H,7-9H2,1-2H3,(H,21,23,25). The van der Waals surface area contributed by atoms with E-state index in [1.807, 2.05) is 5.32 Å². The second-order valence-electron chi connectivity index (χ2n) is 5.74. The zero-order valence-electron chi connectivity index (χ0n) is 15.2. The first kappa shape index (κ1) is 21.0. The Morgan fingerprint density at radius 2 is 1.86 bits per heavy atom. The smallest absolute Gasteiger partial charge is 0.387 e. The zero-order chi connectivity index (χ0) is 20.7. The number of benzene rings is 1. The van der Waals surface area contributed by atoms with Crippen molar-refractivity contribution in [2.45, 2.75) is 33.3 Å². The summed E-state index contributed by atoms with van der Waals surface area (Å²) in [5, 5.41) is 5.81. The van der Waals surface area contributed by atoms with Crippen LogP contribution in [-0.4, -0.2) is 36.2 Å². The highest BCUT2D eigenvalue weighted by atomic mass is 19.3. The summed E-state index contributed by atoms with van der Waals surface area (Å²) >= 11 is 0. The van der Waals surface area contributed by atoms with E-state index in [1.165, 1.54) is 24.3 Å². The summed E-state index contributed by atoms with van der Waals surface area (Å²) in [4.78, 5) is 35.4. The van der Waals surface area contributed by atoms with Crippen LogP contribution in [0.1, 0.15) is 33.8 Å². The summed E-state index contributed by atoms with van der Waals surface area (Å²) in [5.41, 5.74) is 1.54. The van der Waals surface area contributed by atoms with E-state index in [-0.39, 0.29) is 17.7 Å². The van der Waals surface area contributed by atoms with Gasteiger partial charge in [0.2, 0.25) is 0 Å². The Labute approximate surface area is 158 Å². The lowest BCUT2D eigenvalue weighted by Crippen LogP contribution is -2.34. The molecule has 0 aliphatic rings. The summed E-state index contributed by atoms with van der Waals surface area (Å²) in [6.07, 6.45) is 0.378. The minimum atomic E-state index is -2.98. The third kappa shape index (κ3) is 6.15. The molecule has 10 heteroatoms. The summed E-state index contributed by atoms with van der Waals surface area (Å²) in [6.45, 7) is -0.124. The molecule has 0 radical (unpaired) electrons. The Morgan fingerprint density at radius 1 is 1.18 bits per heavy atom. The van der Waals surface area contributed by atoms with Crippen LogP contribution in [0.2, 0.25) is 0 Å². The number of rotatable bonds is 8. The molecule has 0 fully saturated rings. The number of nitrogens with zero attached hydrogens (tertiary/aromatic N) is 1. The second-order valence-corrected chi connectivity index (χ2v) is 5.74. The molecule has 2 amide bonds. The van der Waals surface area contributed by atoms with Crippen molar-refractivity contribution in [2.75, 3.05) is 6.61 Å². The molecule has 2 aromatic rings. The predicted molar refractivity (Wildman–Crippen MR) is 90.8 cm³/mol. The third-order valence-corrected chi connectivity index (χ3v) is 3.72. The second kappa shape index (κ2) is 9.58. The van der Waals surface area contributed by atoms with Crippen molar-refractivity contribution in [3.63, 3.8) is 0 Å². The minimum absolute atomic E-state index is 0.0235. The van der Waals surface area contributed by atoms with E-state index in [1.54, 1.807) is 13.8 Å². The van der Waals surface area contributed by atoms with Gasteiger partial charge in [-0.15, -0.1) is 0 Å². The number of nitrogens with one attached hydrogen (secondary N) is 1. The van der Waals surface area contributed by atoms with Crippen molar-refractivity contribution in [1.82, 2.24) is 10.5 Å². The fourth-order valence-corrected chi connectivity index (χ4v) is 2.33. The molecule has 0 bridgehead atoms. The van der Waals surface area contributed by atoms with Gasteiger partial charge in [-0.25, -0.2) is 0 Å². The fraction of sp³-hybridized carbons (Fsp3) is 0.333. The van der Waals surface area contributed by atoms with Crippen molar-refractivity contribution >= 4 is 17.8 Å². The van der Waals surface area contributed by atoms with Crippen molar-refractivity contribution in [2.24, 2.45) is 0 Å². The van der Waals surface area contributed by atoms with E-state index in [0.717, 1.165) is 5.56 Å². The lowest BCUT2D eigenvalue weighted by molar-refractivity contribution is -0.148. The van der Waals surface area contributed by atoms with Gasteiger partial charge < -0.3 is 14.0 Å². The lowest BCUT2D eigenvalue weighted by atomic mass is 10.1. The molecule has 0 spiro atoms. The van der Waals surface area contributed by atoms with Crippen molar-refractivity contribution in [1.29, 1.82) is 0 Å². The molecule has 1 heterocycles. The van der Waals surface area contributed by atoms with Gasteiger partial charge in [0, 0.05) is 17.5 Å². The maximum atomic E-state index is 12.1. The van der Waals surface area contributed by atoms with Gasteiger partial charge in [-0.3, -0.25) is 19.7 Å². The molecule has 8 nitrogen and oxygen atoms in total. The van der Waals surface area contributed by atoms with Crippen LogP contribution in [0, 0.1) is 13.8 Å². The average Bonchev–Trinajstić information content (AvgIpc) is 2.96. The number of hydrogen-bond acceptors (Lipinski definition) is 7. The summed E-state index contributed by atoms with van der Waals surface area (Å²) in [6, 6.07) is 4.77. The van der Waals surface area contributed by atoms with Crippen LogP contribution in [0.3, 0.4) is 0 Å². The van der Waals surface area contributed by atoms with Gasteiger partial charge in [0.25, 0.3) is 11.8 Å². The van der Waals surface area contributed by atoms with E-state index < -0.39 is 31.0 Å². The SMILES string of the molecule is Cc1noc(C)c1CCC(=O)OCC(=O)NC(=O)c1ccc(OC(F)F)cc1. The summed E-state index contributed by atoms with van der Waals surface area (Å²) < 4.78 is 38.1. The third-order valence-electron chi connectivity index (χ3n) is 3.72. The van der Waals surface area contributed by atoms with Crippen molar-refractivity contribution in [3.05, 3.63) is 46.8 Å². The molecule has 0 aliphatic heterocycles. The molecule has 0 aliphatic carbocycles. The van der Waals surface area contributed by atoms with E-state index in [0.29, 0.717) is 17.9 Å². The van der Waals surface area contributed by atoms with Crippen molar-refractivity contribution in [3.8, 4) is 5.75 Å². The van der Waals surface area contributed by atoms with Gasteiger partial charge in [0.15, 0.2) is 6.61 Å². The van der Waals surface area contributed by atoms with Gasteiger partial charge >= 0.3 is 12.6 Å². The van der Waals surface area contributed by atoms with Crippen LogP contribution in [-0.2, 0) is 20.7 Å². The van der Waals surface area contributed by atoms with E-state index in [4.69, 9.17) is 9.26 Å². The molecule has 0 unspecified atom stereocenters. The average molecular weight is 396 g/mol. The van der Waals surface area contributed by atoms with Gasteiger partial charge in [-0.1, -0.05) is 5.16 Å². The Kier molecular flexibility index (Phi) is 7.19. The number of halogens is 2. The van der Waals surface area contributed by atoms with Crippen LogP contribution in [0.4, 0.5) is 8.78 Å². The van der Waals surface area contributed by atoms with Crippen molar-refractivity contribution < 1.29 is 37.2 Å². The van der Waals surface area contributed by atoms with Crippen LogP contribution in [0.5, 0.6) is 5.75 Å². The normalized spacial score (nSPS) is 10.6. The molecule has 0 saturated carbocycles. The van der Waals surface area contributed by atoms with Crippen LogP contribution < -0.4 is 10.1 Å². The highest BCUT2D eigenvalue weighted by Gasteiger charge is 2.15. The lowest BCUT2D eigenvalue weighted by Gasteiger charge is -2.07. The molecule has 28 heavy (non-hydrogen) atoms.